The van der Waals surface area contributed by atoms with E-state index in [0.29, 0.717) is 12.1 Å². The summed E-state index contributed by atoms with van der Waals surface area (Å²) < 4.78 is 12.3. The summed E-state index contributed by atoms with van der Waals surface area (Å²) in [4.78, 5) is 25.9. The summed E-state index contributed by atoms with van der Waals surface area (Å²) >= 11 is 0. The van der Waals surface area contributed by atoms with Crippen LogP contribution in [-0.2, 0) is 27.3 Å². The number of rotatable bonds is 7. The van der Waals surface area contributed by atoms with Gasteiger partial charge in [-0.1, -0.05) is 60.7 Å². The number of amides is 1. The van der Waals surface area contributed by atoms with E-state index in [1.807, 2.05) is 60.7 Å². The number of aliphatic carboxylic acids is 1. The average Bonchev–Trinajstić information content (AvgIpc) is 3.46. The number of carbonyl (C=O) groups is 2. The smallest absolute Gasteiger partial charge is 0.412 e. The van der Waals surface area contributed by atoms with Gasteiger partial charge in [0.25, 0.3) is 0 Å². The number of ether oxygens (including phenoxy) is 2. The number of carbonyl (C=O) groups excluding carboxylic acids is 1. The van der Waals surface area contributed by atoms with Crippen molar-refractivity contribution in [1.82, 2.24) is 14.7 Å². The molecule has 1 saturated heterocycles. The molecular weight excluding hydrogens is 398 g/mol. The van der Waals surface area contributed by atoms with Crippen LogP contribution >= 0.6 is 0 Å². The second-order valence-electron chi connectivity index (χ2n) is 7.29. The minimum Gasteiger partial charge on any atom is -0.480 e. The number of carboxylic acids is 1. The lowest BCUT2D eigenvalue weighted by molar-refractivity contribution is -0.141. The van der Waals surface area contributed by atoms with Crippen molar-refractivity contribution in [2.75, 3.05) is 13.3 Å². The molecule has 2 atom stereocenters. The molecule has 8 nitrogen and oxygen atoms in total. The van der Waals surface area contributed by atoms with Gasteiger partial charge in [0.05, 0.1) is 12.3 Å². The van der Waals surface area contributed by atoms with Crippen LogP contribution in [0.5, 0.6) is 0 Å². The minimum atomic E-state index is -0.972. The molecule has 8 heteroatoms. The summed E-state index contributed by atoms with van der Waals surface area (Å²) in [5.74, 6) is -0.972. The molecule has 1 amide bonds. The Morgan fingerprint density at radius 3 is 2.42 bits per heavy atom. The first-order valence-corrected chi connectivity index (χ1v) is 9.98. The van der Waals surface area contributed by atoms with Gasteiger partial charge in [-0.25, -0.2) is 9.59 Å². The van der Waals surface area contributed by atoms with Gasteiger partial charge in [-0.05, 0) is 17.2 Å². The van der Waals surface area contributed by atoms with Gasteiger partial charge in [-0.3, -0.25) is 9.58 Å². The molecule has 2 aromatic carbocycles. The van der Waals surface area contributed by atoms with E-state index in [4.69, 9.17) is 9.47 Å². The first-order chi connectivity index (χ1) is 15.1. The third kappa shape index (κ3) is 4.92. The molecule has 1 fully saturated rings. The zero-order chi connectivity index (χ0) is 21.6. The molecule has 1 N–H and O–H groups in total. The molecule has 0 spiro atoms. The fourth-order valence-corrected chi connectivity index (χ4v) is 3.51. The zero-order valence-corrected chi connectivity index (χ0v) is 16.8. The summed E-state index contributed by atoms with van der Waals surface area (Å²) in [6.45, 7) is 0.529. The summed E-state index contributed by atoms with van der Waals surface area (Å²) in [5.41, 5.74) is 2.36. The van der Waals surface area contributed by atoms with Crippen molar-refractivity contribution in [1.29, 1.82) is 0 Å². The van der Waals surface area contributed by atoms with E-state index >= 15 is 0 Å². The third-order valence-corrected chi connectivity index (χ3v) is 5.17. The van der Waals surface area contributed by atoms with Crippen LogP contribution in [0.2, 0.25) is 0 Å². The lowest BCUT2D eigenvalue weighted by atomic mass is 10.1. The molecule has 1 aromatic heterocycles. The summed E-state index contributed by atoms with van der Waals surface area (Å²) in [5, 5.41) is 14.2. The van der Waals surface area contributed by atoms with E-state index in [1.165, 1.54) is 9.58 Å². The Kier molecular flexibility index (Phi) is 6.28. The van der Waals surface area contributed by atoms with Crippen molar-refractivity contribution >= 4 is 12.1 Å². The van der Waals surface area contributed by atoms with E-state index in [2.05, 4.69) is 5.10 Å². The van der Waals surface area contributed by atoms with E-state index in [-0.39, 0.29) is 19.9 Å². The molecule has 1 aliphatic heterocycles. The predicted octanol–water partition coefficient (Wildman–Crippen LogP) is 3.42. The molecule has 0 aliphatic carbocycles. The van der Waals surface area contributed by atoms with Gasteiger partial charge in [-0.2, -0.15) is 5.10 Å². The molecular formula is C23H23N3O5. The Balaban J connectivity index is 1.45. The maximum Gasteiger partial charge on any atom is 0.412 e. The largest absolute Gasteiger partial charge is 0.480 e. The Morgan fingerprint density at radius 1 is 1.06 bits per heavy atom. The highest BCUT2D eigenvalue weighted by molar-refractivity contribution is 5.72. The van der Waals surface area contributed by atoms with Crippen molar-refractivity contribution in [3.05, 3.63) is 89.7 Å². The van der Waals surface area contributed by atoms with Crippen LogP contribution in [0.15, 0.2) is 72.9 Å². The van der Waals surface area contributed by atoms with Gasteiger partial charge in [0.15, 0.2) is 6.04 Å². The van der Waals surface area contributed by atoms with E-state index in [9.17, 15) is 14.7 Å². The van der Waals surface area contributed by atoms with E-state index in [1.54, 1.807) is 12.3 Å². The van der Waals surface area contributed by atoms with Crippen LogP contribution < -0.4 is 0 Å². The van der Waals surface area contributed by atoms with Crippen LogP contribution in [0, 0.1) is 0 Å². The topological polar surface area (TPSA) is 93.9 Å². The first-order valence-electron chi connectivity index (χ1n) is 9.98. The number of carboxylic acid groups (broad SMARTS) is 1. The average molecular weight is 421 g/mol. The fourth-order valence-electron chi connectivity index (χ4n) is 3.51. The highest BCUT2D eigenvalue weighted by atomic mass is 16.6. The number of benzene rings is 2. The molecule has 31 heavy (non-hydrogen) atoms. The van der Waals surface area contributed by atoms with Crippen LogP contribution in [0.3, 0.4) is 0 Å². The van der Waals surface area contributed by atoms with E-state index in [0.717, 1.165) is 11.1 Å². The standard InChI is InChI=1S/C23H23N3O5/c27-22(28)20(13-17-7-3-1-4-8-17)26-12-11-19(24-26)21-15-30-16-25(21)23(29)31-14-18-9-5-2-6-10-18/h1-12,20-21H,13-16H2,(H,27,28)/t20-,21-/m0/s1. The zero-order valence-electron chi connectivity index (χ0n) is 16.8. The van der Waals surface area contributed by atoms with E-state index < -0.39 is 24.1 Å². The van der Waals surface area contributed by atoms with Crippen LogP contribution in [0.1, 0.15) is 28.9 Å². The van der Waals surface area contributed by atoms with Gasteiger partial charge in [0.1, 0.15) is 19.4 Å². The second-order valence-corrected chi connectivity index (χ2v) is 7.29. The number of nitrogens with zero attached hydrogens (tertiary/aromatic N) is 3. The lowest BCUT2D eigenvalue weighted by Crippen LogP contribution is -2.32. The highest BCUT2D eigenvalue weighted by Crippen LogP contribution is 2.27. The second kappa shape index (κ2) is 9.44. The summed E-state index contributed by atoms with van der Waals surface area (Å²) in [6.07, 6.45) is 1.43. The number of hydrogen-bond acceptors (Lipinski definition) is 5. The van der Waals surface area contributed by atoms with Crippen molar-refractivity contribution in [2.24, 2.45) is 0 Å². The Morgan fingerprint density at radius 2 is 1.74 bits per heavy atom. The maximum absolute atomic E-state index is 12.6. The Bertz CT molecular complexity index is 1020. The monoisotopic (exact) mass is 421 g/mol. The summed E-state index contributed by atoms with van der Waals surface area (Å²) in [6, 6.07) is 19.3. The first kappa shape index (κ1) is 20.6. The third-order valence-electron chi connectivity index (χ3n) is 5.17. The molecule has 160 valence electrons. The van der Waals surface area contributed by atoms with Gasteiger partial charge >= 0.3 is 12.1 Å². The molecule has 0 radical (unpaired) electrons. The van der Waals surface area contributed by atoms with Crippen molar-refractivity contribution in [3.63, 3.8) is 0 Å². The Labute approximate surface area is 179 Å². The van der Waals surface area contributed by atoms with Crippen molar-refractivity contribution < 1.29 is 24.2 Å². The molecule has 1 aliphatic rings. The van der Waals surface area contributed by atoms with Crippen molar-refractivity contribution in [3.8, 4) is 0 Å². The molecule has 0 unspecified atom stereocenters. The SMILES string of the molecule is O=C(O)[C@H](Cc1ccccc1)n1ccc([C@@H]2COCN2C(=O)OCc2ccccc2)n1. The predicted molar refractivity (Wildman–Crippen MR) is 111 cm³/mol. The number of aromatic nitrogens is 2. The van der Waals surface area contributed by atoms with Gasteiger partial charge in [0.2, 0.25) is 0 Å². The molecule has 2 heterocycles. The van der Waals surface area contributed by atoms with Crippen LogP contribution in [0.25, 0.3) is 0 Å². The Hall–Kier alpha value is -3.65. The van der Waals surface area contributed by atoms with Gasteiger partial charge < -0.3 is 14.6 Å². The normalized spacial score (nSPS) is 16.8. The summed E-state index contributed by atoms with van der Waals surface area (Å²) in [7, 11) is 0. The number of hydrogen-bond donors (Lipinski definition) is 1. The molecule has 4 rings (SSSR count). The minimum absolute atomic E-state index is 0.0948. The molecule has 3 aromatic rings. The lowest BCUT2D eigenvalue weighted by Gasteiger charge is -2.20. The van der Waals surface area contributed by atoms with Crippen LogP contribution in [-0.4, -0.2) is 45.2 Å². The van der Waals surface area contributed by atoms with Gasteiger partial charge in [-0.15, -0.1) is 0 Å². The molecule has 0 saturated carbocycles. The van der Waals surface area contributed by atoms with Gasteiger partial charge in [0, 0.05) is 12.6 Å². The fraction of sp³-hybridized carbons (Fsp3) is 0.261. The quantitative estimate of drug-likeness (QED) is 0.628. The molecule has 0 bridgehead atoms. The highest BCUT2D eigenvalue weighted by Gasteiger charge is 2.34. The van der Waals surface area contributed by atoms with Crippen molar-refractivity contribution in [2.45, 2.75) is 25.1 Å². The maximum atomic E-state index is 12.6. The van der Waals surface area contributed by atoms with Crippen LogP contribution in [0.4, 0.5) is 4.79 Å².